The second-order valence-corrected chi connectivity index (χ2v) is 8.63. The topological polar surface area (TPSA) is 84.0 Å². The molecule has 0 spiro atoms. The Hall–Kier alpha value is -2.71. The lowest BCUT2D eigenvalue weighted by molar-refractivity contribution is -0.159. The number of carbonyl (C=O) groups is 2. The third kappa shape index (κ3) is 5.17. The minimum atomic E-state index is -3.85. The Morgan fingerprint density at radius 2 is 1.54 bits per heavy atom. The maximum atomic E-state index is 12.6. The molecule has 0 bridgehead atoms. The molecule has 0 aromatic heterocycles. The summed E-state index contributed by atoms with van der Waals surface area (Å²) in [5.41, 5.74) is 1.44. The quantitative estimate of drug-likeness (QED) is 0.659. The summed E-state index contributed by atoms with van der Waals surface area (Å²) >= 11 is 0. The number of amides is 1. The van der Waals surface area contributed by atoms with E-state index >= 15 is 0 Å². The van der Waals surface area contributed by atoms with Crippen LogP contribution >= 0.6 is 0 Å². The fourth-order valence-electron chi connectivity index (χ4n) is 2.45. The summed E-state index contributed by atoms with van der Waals surface area (Å²) in [6, 6.07) is 14.9. The monoisotopic (exact) mass is 404 g/mol. The number of aryl methyl sites for hydroxylation is 1. The second kappa shape index (κ2) is 8.99. The maximum Gasteiger partial charge on any atom is 0.322 e. The summed E-state index contributed by atoms with van der Waals surface area (Å²) in [5, 5.41) is 0. The van der Waals surface area contributed by atoms with Crippen LogP contribution in [0.5, 0.6) is 0 Å². The van der Waals surface area contributed by atoms with Crippen LogP contribution in [0.4, 0.5) is 0 Å². The van der Waals surface area contributed by atoms with Gasteiger partial charge in [-0.15, -0.1) is 0 Å². The molecule has 0 aliphatic heterocycles. The number of carbonyl (C=O) groups excluding carboxylic acids is 2. The summed E-state index contributed by atoms with van der Waals surface area (Å²) < 4.78 is 31.5. The largest absolute Gasteiger partial charge is 0.446 e. The van der Waals surface area contributed by atoms with Crippen molar-refractivity contribution in [2.45, 2.75) is 17.9 Å². The van der Waals surface area contributed by atoms with Gasteiger partial charge in [-0.2, -0.15) is 4.31 Å². The summed E-state index contributed by atoms with van der Waals surface area (Å²) in [6.07, 6.45) is -1.14. The molecule has 0 saturated carbocycles. The van der Waals surface area contributed by atoms with Crippen molar-refractivity contribution in [2.75, 3.05) is 27.7 Å². The highest BCUT2D eigenvalue weighted by molar-refractivity contribution is 7.89. The lowest BCUT2D eigenvalue weighted by Crippen LogP contribution is -2.36. The van der Waals surface area contributed by atoms with E-state index in [4.69, 9.17) is 4.74 Å². The van der Waals surface area contributed by atoms with E-state index in [1.165, 1.54) is 24.1 Å². The number of hydrogen-bond acceptors (Lipinski definition) is 5. The number of nitrogens with zero attached hydrogens (tertiary/aromatic N) is 2. The van der Waals surface area contributed by atoms with Gasteiger partial charge in [0.05, 0.1) is 4.90 Å². The summed E-state index contributed by atoms with van der Waals surface area (Å²) in [7, 11) is 0.554. The molecule has 0 radical (unpaired) electrons. The number of rotatable bonds is 7. The summed E-state index contributed by atoms with van der Waals surface area (Å²) in [6.45, 7) is 1.34. The molecule has 2 aromatic carbocycles. The van der Waals surface area contributed by atoms with Crippen LogP contribution in [0, 0.1) is 6.92 Å². The Balaban J connectivity index is 2.15. The molecule has 0 aliphatic rings. The first kappa shape index (κ1) is 21.6. The van der Waals surface area contributed by atoms with Gasteiger partial charge in [0.15, 0.2) is 0 Å². The van der Waals surface area contributed by atoms with Gasteiger partial charge in [0.1, 0.15) is 6.54 Å². The Labute approximate surface area is 165 Å². The smallest absolute Gasteiger partial charge is 0.322 e. The third-order valence-corrected chi connectivity index (χ3v) is 5.92. The van der Waals surface area contributed by atoms with Crippen molar-refractivity contribution < 1.29 is 22.7 Å². The molecule has 0 aliphatic carbocycles. The Kier molecular flexibility index (Phi) is 6.93. The molecule has 0 saturated heterocycles. The fourth-order valence-corrected chi connectivity index (χ4v) is 3.56. The lowest BCUT2D eigenvalue weighted by atomic mass is 10.1. The molecule has 2 rings (SSSR count). The van der Waals surface area contributed by atoms with Crippen LogP contribution in [0.15, 0.2) is 59.5 Å². The van der Waals surface area contributed by atoms with Crippen molar-refractivity contribution in [3.05, 3.63) is 65.7 Å². The highest BCUT2D eigenvalue weighted by Crippen LogP contribution is 2.21. The molecule has 1 atom stereocenters. The number of hydrogen-bond donors (Lipinski definition) is 0. The van der Waals surface area contributed by atoms with Crippen molar-refractivity contribution >= 4 is 21.9 Å². The van der Waals surface area contributed by atoms with Crippen LogP contribution < -0.4 is 0 Å². The summed E-state index contributed by atoms with van der Waals surface area (Å²) in [5.74, 6) is -1.23. The maximum absolute atomic E-state index is 12.6. The first-order chi connectivity index (χ1) is 13.1. The molecule has 7 nitrogen and oxygen atoms in total. The first-order valence-electron chi connectivity index (χ1n) is 8.61. The highest BCUT2D eigenvalue weighted by Gasteiger charge is 2.29. The molecule has 0 N–H and O–H groups in total. The van der Waals surface area contributed by atoms with Crippen molar-refractivity contribution in [1.82, 2.24) is 9.21 Å². The zero-order valence-corrected chi connectivity index (χ0v) is 17.1. The average Bonchev–Trinajstić information content (AvgIpc) is 2.66. The third-order valence-electron chi connectivity index (χ3n) is 4.10. The highest BCUT2D eigenvalue weighted by atomic mass is 32.2. The number of benzene rings is 2. The number of sulfonamides is 1. The normalized spacial score (nSPS) is 12.5. The van der Waals surface area contributed by atoms with Crippen molar-refractivity contribution in [3.63, 3.8) is 0 Å². The summed E-state index contributed by atoms with van der Waals surface area (Å²) in [4.78, 5) is 26.2. The zero-order chi connectivity index (χ0) is 20.9. The lowest BCUT2D eigenvalue weighted by Gasteiger charge is -2.23. The van der Waals surface area contributed by atoms with E-state index in [1.807, 2.05) is 6.92 Å². The van der Waals surface area contributed by atoms with Crippen LogP contribution in [0.3, 0.4) is 0 Å². The molecule has 0 heterocycles. The van der Waals surface area contributed by atoms with Gasteiger partial charge >= 0.3 is 5.97 Å². The van der Waals surface area contributed by atoms with E-state index < -0.39 is 34.5 Å². The fraction of sp³-hybridized carbons (Fsp3) is 0.300. The Bertz CT molecular complexity index is 925. The Morgan fingerprint density at radius 1 is 0.964 bits per heavy atom. The minimum Gasteiger partial charge on any atom is -0.446 e. The van der Waals surface area contributed by atoms with Crippen molar-refractivity contribution in [3.8, 4) is 0 Å². The molecule has 2 aromatic rings. The number of ether oxygens (including phenoxy) is 1. The first-order valence-corrected chi connectivity index (χ1v) is 10.1. The van der Waals surface area contributed by atoms with Gasteiger partial charge in [0.25, 0.3) is 5.91 Å². The van der Waals surface area contributed by atoms with Crippen molar-refractivity contribution in [1.29, 1.82) is 0 Å². The molecule has 0 unspecified atom stereocenters. The van der Waals surface area contributed by atoms with E-state index in [9.17, 15) is 18.0 Å². The van der Waals surface area contributed by atoms with Gasteiger partial charge in [-0.3, -0.25) is 9.59 Å². The van der Waals surface area contributed by atoms with E-state index in [0.717, 1.165) is 9.87 Å². The average molecular weight is 404 g/mol. The van der Waals surface area contributed by atoms with E-state index in [0.29, 0.717) is 5.56 Å². The van der Waals surface area contributed by atoms with E-state index in [-0.39, 0.29) is 4.90 Å². The van der Waals surface area contributed by atoms with Gasteiger partial charge in [0.2, 0.25) is 16.1 Å². The van der Waals surface area contributed by atoms with Crippen LogP contribution in [0.2, 0.25) is 0 Å². The molecule has 150 valence electrons. The predicted molar refractivity (Wildman–Crippen MR) is 105 cm³/mol. The SMILES string of the molecule is Cc1ccc(S(=O)(=O)N(C)CC(=O)O[C@H](C(=O)N(C)C)c2ccccc2)cc1. The van der Waals surface area contributed by atoms with Crippen LogP contribution in [0.1, 0.15) is 17.2 Å². The van der Waals surface area contributed by atoms with Gasteiger partial charge in [-0.05, 0) is 19.1 Å². The molecular weight excluding hydrogens is 380 g/mol. The van der Waals surface area contributed by atoms with Crippen LogP contribution in [-0.2, 0) is 24.3 Å². The molecular formula is C20H24N2O5S. The van der Waals surface area contributed by atoms with Crippen molar-refractivity contribution in [2.24, 2.45) is 0 Å². The van der Waals surface area contributed by atoms with Crippen LogP contribution in [0.25, 0.3) is 0 Å². The molecule has 28 heavy (non-hydrogen) atoms. The van der Waals surface area contributed by atoms with Crippen LogP contribution in [-0.4, -0.2) is 57.2 Å². The molecule has 0 fully saturated rings. The van der Waals surface area contributed by atoms with Gasteiger partial charge in [-0.1, -0.05) is 48.0 Å². The molecule has 8 heteroatoms. The zero-order valence-electron chi connectivity index (χ0n) is 16.3. The van der Waals surface area contributed by atoms with Gasteiger partial charge in [-0.25, -0.2) is 8.42 Å². The number of esters is 1. The predicted octanol–water partition coefficient (Wildman–Crippen LogP) is 1.99. The molecule has 1 amide bonds. The van der Waals surface area contributed by atoms with Gasteiger partial charge in [0, 0.05) is 26.7 Å². The second-order valence-electron chi connectivity index (χ2n) is 6.59. The minimum absolute atomic E-state index is 0.0809. The van der Waals surface area contributed by atoms with E-state index in [2.05, 4.69) is 0 Å². The van der Waals surface area contributed by atoms with Gasteiger partial charge < -0.3 is 9.64 Å². The standard InChI is InChI=1S/C20H24N2O5S/c1-15-10-12-17(13-11-15)28(25,26)22(4)14-18(23)27-19(20(24)21(2)3)16-8-6-5-7-9-16/h5-13,19H,14H2,1-4H3/t19-/m0/s1. The van der Waals surface area contributed by atoms with E-state index in [1.54, 1.807) is 56.6 Å². The Morgan fingerprint density at radius 3 is 2.07 bits per heavy atom. The number of likely N-dealkylation sites (N-methyl/N-ethyl adjacent to an activating group) is 2.